The maximum absolute atomic E-state index is 11.7. The summed E-state index contributed by atoms with van der Waals surface area (Å²) in [6, 6.07) is 11.1. The van der Waals surface area contributed by atoms with Gasteiger partial charge in [-0.15, -0.1) is 0 Å². The molecule has 1 atom stereocenters. The number of nitrogens with one attached hydrogen (secondary N) is 1. The van der Waals surface area contributed by atoms with E-state index in [1.165, 1.54) is 0 Å². The van der Waals surface area contributed by atoms with E-state index in [1.54, 1.807) is 0 Å². The molecule has 1 aromatic carbocycles. The Labute approximate surface area is 106 Å². The topological polar surface area (TPSA) is 60.1 Å². The molecule has 3 N–H and O–H groups in total. The van der Waals surface area contributed by atoms with Gasteiger partial charge >= 0.3 is 0 Å². The molecule has 1 amide bonds. The number of rotatable bonds is 4. The van der Waals surface area contributed by atoms with Crippen molar-refractivity contribution in [2.45, 2.75) is 19.4 Å². The van der Waals surface area contributed by atoms with Crippen LogP contribution in [0.25, 0.3) is 5.69 Å². The molecule has 0 fully saturated rings. The van der Waals surface area contributed by atoms with Crippen LogP contribution in [0.15, 0.2) is 48.8 Å². The van der Waals surface area contributed by atoms with Crippen molar-refractivity contribution in [2.24, 2.45) is 5.73 Å². The third kappa shape index (κ3) is 2.78. The van der Waals surface area contributed by atoms with Crippen LogP contribution in [0.3, 0.4) is 0 Å². The Morgan fingerprint density at radius 3 is 2.72 bits per heavy atom. The number of amides is 1. The highest BCUT2D eigenvalue weighted by Gasteiger charge is 2.10. The molecule has 0 aliphatic heterocycles. The largest absolute Gasteiger partial charge is 0.325 e. The Balaban J connectivity index is 2.16. The lowest BCUT2D eigenvalue weighted by Gasteiger charge is -2.11. The Morgan fingerprint density at radius 2 is 2.06 bits per heavy atom. The van der Waals surface area contributed by atoms with E-state index >= 15 is 0 Å². The predicted molar refractivity (Wildman–Crippen MR) is 72.7 cm³/mol. The molecule has 0 spiro atoms. The molecule has 0 bridgehead atoms. The summed E-state index contributed by atoms with van der Waals surface area (Å²) in [6.07, 6.45) is 4.54. The lowest BCUT2D eigenvalue weighted by atomic mass is 10.2. The van der Waals surface area contributed by atoms with Gasteiger partial charge in [0.2, 0.25) is 5.91 Å². The van der Waals surface area contributed by atoms with Crippen molar-refractivity contribution in [3.63, 3.8) is 0 Å². The molecule has 0 aliphatic carbocycles. The minimum Gasteiger partial charge on any atom is -0.325 e. The van der Waals surface area contributed by atoms with E-state index in [0.717, 1.165) is 11.4 Å². The van der Waals surface area contributed by atoms with Crippen molar-refractivity contribution in [1.29, 1.82) is 0 Å². The fourth-order valence-electron chi connectivity index (χ4n) is 1.67. The van der Waals surface area contributed by atoms with Crippen molar-refractivity contribution in [3.8, 4) is 5.69 Å². The summed E-state index contributed by atoms with van der Waals surface area (Å²) in [5.41, 5.74) is 7.44. The molecule has 18 heavy (non-hydrogen) atoms. The van der Waals surface area contributed by atoms with Crippen molar-refractivity contribution >= 4 is 11.6 Å². The first-order valence-electron chi connectivity index (χ1n) is 6.00. The minimum absolute atomic E-state index is 0.151. The van der Waals surface area contributed by atoms with Gasteiger partial charge in [0.1, 0.15) is 0 Å². The molecule has 0 aliphatic rings. The number of nitrogens with two attached hydrogens (primary N) is 1. The zero-order chi connectivity index (χ0) is 13.0. The maximum atomic E-state index is 11.7. The van der Waals surface area contributed by atoms with Gasteiger partial charge in [-0.25, -0.2) is 0 Å². The number of carbonyl (C=O) groups excluding carboxylic acids is 1. The highest BCUT2D eigenvalue weighted by molar-refractivity contribution is 5.94. The minimum atomic E-state index is -0.458. The molecule has 94 valence electrons. The monoisotopic (exact) mass is 243 g/mol. The summed E-state index contributed by atoms with van der Waals surface area (Å²) in [5, 5.41) is 2.82. The zero-order valence-electron chi connectivity index (χ0n) is 10.3. The van der Waals surface area contributed by atoms with E-state index in [2.05, 4.69) is 5.32 Å². The summed E-state index contributed by atoms with van der Waals surface area (Å²) in [5.74, 6) is -0.151. The van der Waals surface area contributed by atoms with Gasteiger partial charge in [-0.05, 0) is 36.8 Å². The first-order valence-corrected chi connectivity index (χ1v) is 6.00. The van der Waals surface area contributed by atoms with E-state index in [4.69, 9.17) is 5.73 Å². The van der Waals surface area contributed by atoms with Crippen molar-refractivity contribution < 1.29 is 4.79 Å². The summed E-state index contributed by atoms with van der Waals surface area (Å²) < 4.78 is 1.98. The number of anilines is 1. The predicted octanol–water partition coefficient (Wildman–Crippen LogP) is 2.15. The number of aromatic nitrogens is 1. The molecule has 0 saturated heterocycles. The number of hydrogen-bond acceptors (Lipinski definition) is 2. The molecule has 0 unspecified atom stereocenters. The van der Waals surface area contributed by atoms with Gasteiger partial charge in [-0.3, -0.25) is 4.79 Å². The van der Waals surface area contributed by atoms with Gasteiger partial charge in [-0.2, -0.15) is 0 Å². The Morgan fingerprint density at radius 1 is 1.33 bits per heavy atom. The zero-order valence-corrected chi connectivity index (χ0v) is 10.3. The van der Waals surface area contributed by atoms with Crippen molar-refractivity contribution in [3.05, 3.63) is 48.8 Å². The Bertz CT molecular complexity index is 520. The molecule has 0 radical (unpaired) electrons. The lowest BCUT2D eigenvalue weighted by molar-refractivity contribution is -0.117. The molecule has 4 nitrogen and oxygen atoms in total. The summed E-state index contributed by atoms with van der Waals surface area (Å²) >= 11 is 0. The molecule has 2 rings (SSSR count). The highest BCUT2D eigenvalue weighted by atomic mass is 16.2. The summed E-state index contributed by atoms with van der Waals surface area (Å²) in [7, 11) is 0. The Kier molecular flexibility index (Phi) is 3.79. The van der Waals surface area contributed by atoms with Crippen LogP contribution in [0.4, 0.5) is 5.69 Å². The van der Waals surface area contributed by atoms with E-state index in [0.29, 0.717) is 6.42 Å². The van der Waals surface area contributed by atoms with Crippen LogP contribution in [0.1, 0.15) is 13.3 Å². The van der Waals surface area contributed by atoms with Gasteiger partial charge in [0.25, 0.3) is 0 Å². The second-order valence-electron chi connectivity index (χ2n) is 4.14. The highest BCUT2D eigenvalue weighted by Crippen LogP contribution is 2.15. The number of hydrogen-bond donors (Lipinski definition) is 2. The van der Waals surface area contributed by atoms with E-state index in [9.17, 15) is 4.79 Å². The molecular formula is C14H17N3O. The maximum Gasteiger partial charge on any atom is 0.241 e. The number of benzene rings is 1. The number of nitrogens with zero attached hydrogens (tertiary/aromatic N) is 1. The van der Waals surface area contributed by atoms with Crippen LogP contribution >= 0.6 is 0 Å². The SMILES string of the molecule is CC[C@@H](N)C(=O)Nc1cccc(-n2cccc2)c1. The van der Waals surface area contributed by atoms with Crippen LogP contribution in [0.5, 0.6) is 0 Å². The fourth-order valence-corrected chi connectivity index (χ4v) is 1.67. The van der Waals surface area contributed by atoms with E-state index < -0.39 is 6.04 Å². The summed E-state index contributed by atoms with van der Waals surface area (Å²) in [4.78, 5) is 11.7. The average Bonchev–Trinajstić information content (AvgIpc) is 2.92. The third-order valence-corrected chi connectivity index (χ3v) is 2.79. The smallest absolute Gasteiger partial charge is 0.241 e. The first kappa shape index (κ1) is 12.4. The standard InChI is InChI=1S/C14H17N3O/c1-2-13(15)14(18)16-11-6-5-7-12(10-11)17-8-3-4-9-17/h3-10,13H,2,15H2,1H3,(H,16,18)/t13-/m1/s1. The second kappa shape index (κ2) is 5.51. The van der Waals surface area contributed by atoms with Crippen LogP contribution in [-0.2, 0) is 4.79 Å². The van der Waals surface area contributed by atoms with Crippen molar-refractivity contribution in [1.82, 2.24) is 4.57 Å². The molecule has 1 aromatic heterocycles. The van der Waals surface area contributed by atoms with Gasteiger partial charge in [0.05, 0.1) is 6.04 Å². The molecule has 0 saturated carbocycles. The number of carbonyl (C=O) groups is 1. The molecule has 2 aromatic rings. The van der Waals surface area contributed by atoms with Gasteiger partial charge < -0.3 is 15.6 Å². The van der Waals surface area contributed by atoms with Crippen LogP contribution < -0.4 is 11.1 Å². The normalized spacial score (nSPS) is 12.1. The van der Waals surface area contributed by atoms with Crippen molar-refractivity contribution in [2.75, 3.05) is 5.32 Å². The van der Waals surface area contributed by atoms with Gasteiger partial charge in [-0.1, -0.05) is 13.0 Å². The van der Waals surface area contributed by atoms with Crippen LogP contribution in [-0.4, -0.2) is 16.5 Å². The molecular weight excluding hydrogens is 226 g/mol. The van der Waals surface area contributed by atoms with Gasteiger partial charge in [0, 0.05) is 23.8 Å². The van der Waals surface area contributed by atoms with Gasteiger partial charge in [0.15, 0.2) is 0 Å². The third-order valence-electron chi connectivity index (χ3n) is 2.79. The van der Waals surface area contributed by atoms with Crippen LogP contribution in [0, 0.1) is 0 Å². The molecule has 1 heterocycles. The lowest BCUT2D eigenvalue weighted by Crippen LogP contribution is -2.34. The average molecular weight is 243 g/mol. The van der Waals surface area contributed by atoms with E-state index in [1.807, 2.05) is 60.3 Å². The molecule has 4 heteroatoms. The summed E-state index contributed by atoms with van der Waals surface area (Å²) in [6.45, 7) is 1.89. The first-order chi connectivity index (χ1) is 8.70. The van der Waals surface area contributed by atoms with E-state index in [-0.39, 0.29) is 5.91 Å². The fraction of sp³-hybridized carbons (Fsp3) is 0.214. The Hall–Kier alpha value is -2.07. The quantitative estimate of drug-likeness (QED) is 0.864. The van der Waals surface area contributed by atoms with Crippen LogP contribution in [0.2, 0.25) is 0 Å². The second-order valence-corrected chi connectivity index (χ2v) is 4.14.